The van der Waals surface area contributed by atoms with Gasteiger partial charge < -0.3 is 10.0 Å². The Morgan fingerprint density at radius 2 is 2.12 bits per heavy atom. The molecule has 1 aromatic rings. The molecule has 0 saturated heterocycles. The fourth-order valence-electron chi connectivity index (χ4n) is 1.63. The Labute approximate surface area is 105 Å². The summed E-state index contributed by atoms with van der Waals surface area (Å²) >= 11 is 1.28. The first-order valence-electron chi connectivity index (χ1n) is 5.50. The largest absolute Gasteiger partial charge is 0.388 e. The second kappa shape index (κ2) is 5.46. The number of rotatable bonds is 5. The highest BCUT2D eigenvalue weighted by atomic mass is 32.1. The molecule has 96 valence electrons. The van der Waals surface area contributed by atoms with Gasteiger partial charge in [-0.15, -0.1) is 11.3 Å². The van der Waals surface area contributed by atoms with E-state index in [9.17, 15) is 15.2 Å². The molecule has 0 fully saturated rings. The summed E-state index contributed by atoms with van der Waals surface area (Å²) in [5.74, 6) is 0.428. The molecule has 0 aliphatic carbocycles. The number of nitrogens with zero attached hydrogens (tertiary/aromatic N) is 2. The Morgan fingerprint density at radius 1 is 1.53 bits per heavy atom. The molecule has 0 unspecified atom stereocenters. The molecular formula is C11H18N2O3S. The first-order chi connectivity index (χ1) is 7.82. The number of hydrogen-bond acceptors (Lipinski definition) is 5. The van der Waals surface area contributed by atoms with Crippen LogP contribution < -0.4 is 4.90 Å². The molecule has 0 radical (unpaired) electrons. The van der Waals surface area contributed by atoms with E-state index in [1.807, 2.05) is 11.9 Å². The van der Waals surface area contributed by atoms with E-state index in [4.69, 9.17) is 0 Å². The maximum Gasteiger partial charge on any atom is 0.304 e. The third-order valence-corrected chi connectivity index (χ3v) is 3.72. The van der Waals surface area contributed by atoms with Crippen molar-refractivity contribution in [3.8, 4) is 0 Å². The molecule has 17 heavy (non-hydrogen) atoms. The van der Waals surface area contributed by atoms with Gasteiger partial charge in [0.25, 0.3) is 0 Å². The fourth-order valence-corrected chi connectivity index (χ4v) is 2.66. The lowest BCUT2D eigenvalue weighted by Crippen LogP contribution is -2.22. The molecule has 0 saturated carbocycles. The Morgan fingerprint density at radius 3 is 2.53 bits per heavy atom. The van der Waals surface area contributed by atoms with Crippen LogP contribution in [0.3, 0.4) is 0 Å². The van der Waals surface area contributed by atoms with Crippen molar-refractivity contribution in [2.24, 2.45) is 5.92 Å². The minimum atomic E-state index is -0.667. The predicted molar refractivity (Wildman–Crippen MR) is 69.7 cm³/mol. The van der Waals surface area contributed by atoms with E-state index in [0.29, 0.717) is 15.8 Å². The number of hydrogen-bond donors (Lipinski definition) is 1. The molecule has 0 bridgehead atoms. The summed E-state index contributed by atoms with van der Waals surface area (Å²) in [5, 5.41) is 21.0. The van der Waals surface area contributed by atoms with E-state index < -0.39 is 11.0 Å². The van der Waals surface area contributed by atoms with Gasteiger partial charge in [0.2, 0.25) is 0 Å². The molecule has 6 heteroatoms. The molecule has 1 heterocycles. The third-order valence-electron chi connectivity index (χ3n) is 2.31. The third kappa shape index (κ3) is 3.41. The van der Waals surface area contributed by atoms with Crippen LogP contribution in [-0.4, -0.2) is 23.6 Å². The van der Waals surface area contributed by atoms with E-state index >= 15 is 0 Å². The summed E-state index contributed by atoms with van der Waals surface area (Å²) in [4.78, 5) is 13.1. The molecule has 1 atom stereocenters. The van der Waals surface area contributed by atoms with Crippen LogP contribution >= 0.6 is 11.3 Å². The molecule has 0 aromatic carbocycles. The van der Waals surface area contributed by atoms with Gasteiger partial charge in [0, 0.05) is 24.5 Å². The lowest BCUT2D eigenvalue weighted by Gasteiger charge is -2.18. The minimum Gasteiger partial charge on any atom is -0.388 e. The van der Waals surface area contributed by atoms with Crippen LogP contribution in [0.2, 0.25) is 0 Å². The molecule has 0 aliphatic heterocycles. The van der Waals surface area contributed by atoms with Gasteiger partial charge in [0.05, 0.1) is 11.0 Å². The smallest absolute Gasteiger partial charge is 0.304 e. The van der Waals surface area contributed by atoms with Crippen LogP contribution in [-0.2, 0) is 0 Å². The second-order valence-corrected chi connectivity index (χ2v) is 5.61. The zero-order chi connectivity index (χ0) is 13.2. The zero-order valence-corrected chi connectivity index (χ0v) is 11.3. The quantitative estimate of drug-likeness (QED) is 0.651. The maximum atomic E-state index is 11.0. The van der Waals surface area contributed by atoms with Crippen molar-refractivity contribution in [2.75, 3.05) is 18.5 Å². The highest BCUT2D eigenvalue weighted by Crippen LogP contribution is 2.39. The van der Waals surface area contributed by atoms with Crippen molar-refractivity contribution in [1.29, 1.82) is 0 Å². The minimum absolute atomic E-state index is 0.0778. The first-order valence-corrected chi connectivity index (χ1v) is 6.32. The summed E-state index contributed by atoms with van der Waals surface area (Å²) in [6.45, 7) is 6.49. The molecule has 0 amide bonds. The molecule has 5 nitrogen and oxygen atoms in total. The number of thiophene rings is 1. The van der Waals surface area contributed by atoms with Gasteiger partial charge in [-0.1, -0.05) is 13.8 Å². The summed E-state index contributed by atoms with van der Waals surface area (Å²) in [5.41, 5.74) is 0.0778. The molecular weight excluding hydrogens is 240 g/mol. The average Bonchev–Trinajstić information content (AvgIpc) is 2.60. The van der Waals surface area contributed by atoms with Crippen molar-refractivity contribution < 1.29 is 10.0 Å². The predicted octanol–water partition coefficient (Wildman–Crippen LogP) is 2.80. The summed E-state index contributed by atoms with van der Waals surface area (Å²) < 4.78 is 0. The van der Waals surface area contributed by atoms with Gasteiger partial charge in [0.15, 0.2) is 5.00 Å². The molecule has 1 aromatic heterocycles. The first kappa shape index (κ1) is 13.9. The van der Waals surface area contributed by atoms with Crippen LogP contribution in [0.4, 0.5) is 10.7 Å². The molecule has 1 rings (SSSR count). The Hall–Kier alpha value is -1.14. The van der Waals surface area contributed by atoms with Gasteiger partial charge in [0.1, 0.15) is 0 Å². The summed E-state index contributed by atoms with van der Waals surface area (Å²) in [6.07, 6.45) is -0.667. The van der Waals surface area contributed by atoms with Gasteiger partial charge >= 0.3 is 5.69 Å². The lowest BCUT2D eigenvalue weighted by atomic mass is 10.2. The van der Waals surface area contributed by atoms with Gasteiger partial charge in [-0.2, -0.15) is 0 Å². The summed E-state index contributed by atoms with van der Waals surface area (Å²) in [7, 11) is 1.84. The van der Waals surface area contributed by atoms with E-state index in [1.54, 1.807) is 6.92 Å². The number of aliphatic hydroxyl groups excluding tert-OH is 1. The van der Waals surface area contributed by atoms with Crippen LogP contribution in [0.1, 0.15) is 31.8 Å². The topological polar surface area (TPSA) is 66.6 Å². The van der Waals surface area contributed by atoms with Crippen LogP contribution in [0.25, 0.3) is 0 Å². The summed E-state index contributed by atoms with van der Waals surface area (Å²) in [6, 6.07) is 1.46. The lowest BCUT2D eigenvalue weighted by molar-refractivity contribution is -0.383. The van der Waals surface area contributed by atoms with Crippen LogP contribution in [0.5, 0.6) is 0 Å². The zero-order valence-electron chi connectivity index (χ0n) is 10.5. The fraction of sp³-hybridized carbons (Fsp3) is 0.636. The van der Waals surface area contributed by atoms with Crippen molar-refractivity contribution in [1.82, 2.24) is 0 Å². The van der Waals surface area contributed by atoms with Crippen molar-refractivity contribution in [2.45, 2.75) is 26.9 Å². The monoisotopic (exact) mass is 258 g/mol. The van der Waals surface area contributed by atoms with E-state index in [2.05, 4.69) is 13.8 Å². The van der Waals surface area contributed by atoms with E-state index in [-0.39, 0.29) is 5.69 Å². The molecule has 1 N–H and O–H groups in total. The van der Waals surface area contributed by atoms with Gasteiger partial charge in [-0.05, 0) is 12.8 Å². The van der Waals surface area contributed by atoms with Crippen molar-refractivity contribution in [3.63, 3.8) is 0 Å². The molecule has 0 spiro atoms. The Kier molecular flexibility index (Phi) is 4.47. The highest BCUT2D eigenvalue weighted by Gasteiger charge is 2.23. The van der Waals surface area contributed by atoms with Crippen LogP contribution in [0, 0.1) is 16.0 Å². The molecule has 0 aliphatic rings. The standard InChI is InChI=1S/C11H18N2O3S/c1-7(2)6-12(4)11-9(13(15)16)5-10(17-11)8(3)14/h5,7-8,14H,6H2,1-4H3/t8-/m0/s1. The van der Waals surface area contributed by atoms with E-state index in [0.717, 1.165) is 6.54 Å². The van der Waals surface area contributed by atoms with Crippen molar-refractivity contribution >= 4 is 22.0 Å². The van der Waals surface area contributed by atoms with E-state index in [1.165, 1.54) is 17.4 Å². The Bertz CT molecular complexity index is 401. The highest BCUT2D eigenvalue weighted by molar-refractivity contribution is 7.16. The average molecular weight is 258 g/mol. The van der Waals surface area contributed by atoms with Crippen molar-refractivity contribution in [3.05, 3.63) is 21.1 Å². The maximum absolute atomic E-state index is 11.0. The number of anilines is 1. The van der Waals surface area contributed by atoms with Crippen LogP contribution in [0.15, 0.2) is 6.07 Å². The number of nitro groups is 1. The Balaban J connectivity index is 3.07. The van der Waals surface area contributed by atoms with Gasteiger partial charge in [-0.3, -0.25) is 10.1 Å². The second-order valence-electron chi connectivity index (χ2n) is 4.55. The normalized spacial score (nSPS) is 12.8. The number of aliphatic hydroxyl groups is 1. The SMILES string of the molecule is CC(C)CN(C)c1sc([C@H](C)O)cc1[N+](=O)[O-]. The van der Waals surface area contributed by atoms with Gasteiger partial charge in [-0.25, -0.2) is 0 Å².